The zero-order valence-electron chi connectivity index (χ0n) is 12.9. The van der Waals surface area contributed by atoms with Crippen LogP contribution in [0.25, 0.3) is 10.8 Å². The van der Waals surface area contributed by atoms with E-state index in [1.165, 1.54) is 4.90 Å². The smallest absolute Gasteiger partial charge is 0.240 e. The first-order chi connectivity index (χ1) is 11.1. The summed E-state index contributed by atoms with van der Waals surface area (Å²) in [6, 6.07) is 13.7. The number of ether oxygens (including phenoxy) is 1. The number of hydrogen-bond acceptors (Lipinski definition) is 3. The second kappa shape index (κ2) is 4.20. The van der Waals surface area contributed by atoms with Crippen molar-refractivity contribution < 1.29 is 14.3 Å². The lowest BCUT2D eigenvalue weighted by molar-refractivity contribution is -0.126. The van der Waals surface area contributed by atoms with Gasteiger partial charge < -0.3 is 4.74 Å². The van der Waals surface area contributed by atoms with Crippen LogP contribution in [0.4, 0.5) is 5.69 Å². The van der Waals surface area contributed by atoms with Crippen molar-refractivity contribution in [3.8, 4) is 0 Å². The van der Waals surface area contributed by atoms with Gasteiger partial charge in [0.2, 0.25) is 11.8 Å². The van der Waals surface area contributed by atoms with Crippen LogP contribution in [0.1, 0.15) is 19.8 Å². The van der Waals surface area contributed by atoms with Crippen molar-refractivity contribution in [3.05, 3.63) is 42.5 Å². The van der Waals surface area contributed by atoms with Crippen molar-refractivity contribution in [2.45, 2.75) is 31.5 Å². The molecule has 0 aromatic heterocycles. The van der Waals surface area contributed by atoms with Gasteiger partial charge in [-0.3, -0.25) is 9.59 Å². The van der Waals surface area contributed by atoms with Crippen LogP contribution in [0.15, 0.2) is 42.5 Å². The molecule has 2 aromatic rings. The van der Waals surface area contributed by atoms with Crippen LogP contribution in [0, 0.1) is 11.8 Å². The molecule has 4 heteroatoms. The molecule has 0 spiro atoms. The molecule has 0 aliphatic carbocycles. The Bertz CT molecular complexity index is 861. The van der Waals surface area contributed by atoms with Gasteiger partial charge in [0.05, 0.1) is 29.2 Å². The van der Waals surface area contributed by atoms with E-state index >= 15 is 0 Å². The van der Waals surface area contributed by atoms with Gasteiger partial charge in [0.1, 0.15) is 0 Å². The van der Waals surface area contributed by atoms with Crippen molar-refractivity contribution in [2.75, 3.05) is 4.90 Å². The van der Waals surface area contributed by atoms with Crippen molar-refractivity contribution in [3.63, 3.8) is 0 Å². The third kappa shape index (κ3) is 1.59. The van der Waals surface area contributed by atoms with Gasteiger partial charge in [0, 0.05) is 0 Å². The van der Waals surface area contributed by atoms with Crippen LogP contribution >= 0.6 is 0 Å². The summed E-state index contributed by atoms with van der Waals surface area (Å²) in [4.78, 5) is 27.2. The minimum absolute atomic E-state index is 0.0908. The first-order valence-corrected chi connectivity index (χ1v) is 8.13. The van der Waals surface area contributed by atoms with E-state index < -0.39 is 5.60 Å². The Labute approximate surface area is 134 Å². The number of hydrogen-bond donors (Lipinski definition) is 0. The lowest BCUT2D eigenvalue weighted by atomic mass is 9.74. The number of nitrogens with zero attached hydrogens (tertiary/aromatic N) is 1. The van der Waals surface area contributed by atoms with Gasteiger partial charge in [-0.05, 0) is 42.7 Å². The molecule has 0 saturated carbocycles. The topological polar surface area (TPSA) is 46.6 Å². The Balaban J connectivity index is 1.60. The van der Waals surface area contributed by atoms with Gasteiger partial charge in [-0.1, -0.05) is 30.3 Å². The maximum atomic E-state index is 13.0. The second-order valence-electron chi connectivity index (χ2n) is 7.05. The van der Waals surface area contributed by atoms with Crippen molar-refractivity contribution in [1.82, 2.24) is 0 Å². The van der Waals surface area contributed by atoms with Crippen molar-refractivity contribution in [2.24, 2.45) is 11.8 Å². The van der Waals surface area contributed by atoms with Crippen LogP contribution in [0.3, 0.4) is 0 Å². The zero-order chi connectivity index (χ0) is 15.8. The highest BCUT2D eigenvalue weighted by atomic mass is 16.5. The predicted molar refractivity (Wildman–Crippen MR) is 85.9 cm³/mol. The lowest BCUT2D eigenvalue weighted by Crippen LogP contribution is -2.39. The highest BCUT2D eigenvalue weighted by molar-refractivity contribution is 6.23. The fourth-order valence-electron chi connectivity index (χ4n) is 4.65. The summed E-state index contributed by atoms with van der Waals surface area (Å²) in [5.41, 5.74) is 0.212. The molecule has 1 unspecified atom stereocenters. The van der Waals surface area contributed by atoms with Gasteiger partial charge in [-0.15, -0.1) is 0 Å². The number of imide groups is 1. The van der Waals surface area contributed by atoms with Gasteiger partial charge in [0.15, 0.2) is 0 Å². The Morgan fingerprint density at radius 2 is 1.87 bits per heavy atom. The molecule has 2 bridgehead atoms. The van der Waals surface area contributed by atoms with Crippen molar-refractivity contribution in [1.29, 1.82) is 0 Å². The van der Waals surface area contributed by atoms with Gasteiger partial charge in [-0.2, -0.15) is 0 Å². The summed E-state index contributed by atoms with van der Waals surface area (Å²) < 4.78 is 5.95. The van der Waals surface area contributed by atoms with E-state index in [-0.39, 0.29) is 29.8 Å². The number of carbonyl (C=O) groups excluding carboxylic acids is 2. The van der Waals surface area contributed by atoms with Crippen LogP contribution in [-0.4, -0.2) is 23.5 Å². The average molecular weight is 307 g/mol. The minimum Gasteiger partial charge on any atom is -0.370 e. The molecule has 3 aliphatic rings. The molecule has 3 heterocycles. The maximum absolute atomic E-state index is 13.0. The van der Waals surface area contributed by atoms with E-state index in [1.807, 2.05) is 49.4 Å². The lowest BCUT2D eigenvalue weighted by Gasteiger charge is -2.26. The first kappa shape index (κ1) is 13.3. The van der Waals surface area contributed by atoms with E-state index in [0.717, 1.165) is 23.6 Å². The highest BCUT2D eigenvalue weighted by Gasteiger charge is 2.67. The quantitative estimate of drug-likeness (QED) is 0.761. The molecule has 3 fully saturated rings. The fraction of sp³-hybridized carbons (Fsp3) is 0.368. The molecule has 3 saturated heterocycles. The predicted octanol–water partition coefficient (Wildman–Crippen LogP) is 2.90. The highest BCUT2D eigenvalue weighted by Crippen LogP contribution is 2.55. The number of rotatable bonds is 1. The number of anilines is 1. The molecule has 5 rings (SSSR count). The Kier molecular flexibility index (Phi) is 2.42. The maximum Gasteiger partial charge on any atom is 0.240 e. The molecule has 4 nitrogen and oxygen atoms in total. The fourth-order valence-corrected chi connectivity index (χ4v) is 4.65. The molecule has 23 heavy (non-hydrogen) atoms. The summed E-state index contributed by atoms with van der Waals surface area (Å²) in [5, 5.41) is 2.14. The molecule has 2 amide bonds. The van der Waals surface area contributed by atoms with Crippen LogP contribution in [0.2, 0.25) is 0 Å². The standard InChI is InChI=1S/C19H17NO3/c1-19-9-8-14(23-19)15-16(19)18(22)20(17(15)21)13-7-6-11-4-2-3-5-12(11)10-13/h2-7,10,14-16H,8-9H2,1H3/t14-,15-,16?,19+/m1/s1. The van der Waals surface area contributed by atoms with E-state index in [0.29, 0.717) is 5.69 Å². The molecular formula is C19H17NO3. The molecule has 0 radical (unpaired) electrons. The van der Waals surface area contributed by atoms with Crippen LogP contribution in [-0.2, 0) is 14.3 Å². The Morgan fingerprint density at radius 3 is 2.65 bits per heavy atom. The van der Waals surface area contributed by atoms with Crippen LogP contribution in [0.5, 0.6) is 0 Å². The van der Waals surface area contributed by atoms with Crippen molar-refractivity contribution >= 4 is 28.3 Å². The summed E-state index contributed by atoms with van der Waals surface area (Å²) in [6.45, 7) is 1.98. The van der Waals surface area contributed by atoms with E-state index in [1.54, 1.807) is 0 Å². The molecule has 4 atom stereocenters. The number of fused-ring (bicyclic) bond motifs is 6. The van der Waals surface area contributed by atoms with Crippen LogP contribution < -0.4 is 4.90 Å². The number of carbonyl (C=O) groups is 2. The number of benzene rings is 2. The third-order valence-electron chi connectivity index (χ3n) is 5.75. The second-order valence-corrected chi connectivity index (χ2v) is 7.05. The summed E-state index contributed by atoms with van der Waals surface area (Å²) in [7, 11) is 0. The first-order valence-electron chi connectivity index (χ1n) is 8.13. The number of amides is 2. The molecule has 3 aliphatic heterocycles. The summed E-state index contributed by atoms with van der Waals surface area (Å²) >= 11 is 0. The Morgan fingerprint density at radius 1 is 1.09 bits per heavy atom. The average Bonchev–Trinajstić information content (AvgIpc) is 3.16. The largest absolute Gasteiger partial charge is 0.370 e. The molecular weight excluding hydrogens is 290 g/mol. The van der Waals surface area contributed by atoms with E-state index in [2.05, 4.69) is 0 Å². The summed E-state index contributed by atoms with van der Waals surface area (Å²) in [5.74, 6) is -0.809. The molecule has 116 valence electrons. The molecule has 0 N–H and O–H groups in total. The Hall–Kier alpha value is -2.20. The zero-order valence-corrected chi connectivity index (χ0v) is 12.9. The SMILES string of the molecule is C[C@@]12CC[C@@H](O1)[C@H]1C(=O)N(c3ccc4ccccc4c3)C(=O)C12. The molecule has 2 aromatic carbocycles. The van der Waals surface area contributed by atoms with Gasteiger partial charge in [-0.25, -0.2) is 4.90 Å². The van der Waals surface area contributed by atoms with E-state index in [9.17, 15) is 9.59 Å². The summed E-state index contributed by atoms with van der Waals surface area (Å²) in [6.07, 6.45) is 1.65. The van der Waals surface area contributed by atoms with Gasteiger partial charge >= 0.3 is 0 Å². The van der Waals surface area contributed by atoms with Gasteiger partial charge in [0.25, 0.3) is 0 Å². The van der Waals surface area contributed by atoms with E-state index in [4.69, 9.17) is 4.74 Å². The minimum atomic E-state index is -0.465. The monoisotopic (exact) mass is 307 g/mol. The normalized spacial score (nSPS) is 35.3. The third-order valence-corrected chi connectivity index (χ3v) is 5.75.